The molecule has 3 heteroatoms. The van der Waals surface area contributed by atoms with Gasteiger partial charge in [-0.3, -0.25) is 4.68 Å². The molecule has 0 amide bonds. The van der Waals surface area contributed by atoms with E-state index in [1.165, 1.54) is 0 Å². The highest BCUT2D eigenvalue weighted by molar-refractivity contribution is 6.32. The Kier molecular flexibility index (Phi) is 2.71. The molecule has 0 saturated heterocycles. The summed E-state index contributed by atoms with van der Waals surface area (Å²) >= 11 is 6.23. The molecule has 0 fully saturated rings. The molecule has 0 unspecified atom stereocenters. The number of hydrogen-bond donors (Lipinski definition) is 0. The monoisotopic (exact) mass is 200 g/mol. The van der Waals surface area contributed by atoms with Crippen LogP contribution in [0.4, 0.5) is 0 Å². The van der Waals surface area contributed by atoms with Gasteiger partial charge < -0.3 is 0 Å². The summed E-state index contributed by atoms with van der Waals surface area (Å²) in [7, 11) is 1.95. The van der Waals surface area contributed by atoms with Crippen molar-refractivity contribution in [3.05, 3.63) is 16.4 Å². The summed E-state index contributed by atoms with van der Waals surface area (Å²) in [6, 6.07) is 0. The first kappa shape index (κ1) is 10.6. The van der Waals surface area contributed by atoms with Crippen molar-refractivity contribution in [2.75, 3.05) is 0 Å². The third-order valence-corrected chi connectivity index (χ3v) is 2.50. The molecule has 1 aromatic heterocycles. The molecule has 0 N–H and O–H groups in total. The molecule has 2 nitrogen and oxygen atoms in total. The lowest BCUT2D eigenvalue weighted by Crippen LogP contribution is -2.16. The lowest BCUT2D eigenvalue weighted by atomic mass is 9.91. The number of halogens is 1. The maximum absolute atomic E-state index is 6.23. The van der Waals surface area contributed by atoms with Gasteiger partial charge >= 0.3 is 0 Å². The van der Waals surface area contributed by atoms with Gasteiger partial charge in [-0.1, -0.05) is 39.3 Å². The van der Waals surface area contributed by atoms with Crippen LogP contribution in [0.3, 0.4) is 0 Å². The first-order valence-corrected chi connectivity index (χ1v) is 4.97. The van der Waals surface area contributed by atoms with Crippen molar-refractivity contribution in [2.45, 2.75) is 39.5 Å². The number of aryl methyl sites for hydroxylation is 2. The second-order valence-electron chi connectivity index (χ2n) is 4.34. The number of nitrogens with zero attached hydrogens (tertiary/aromatic N) is 2. The van der Waals surface area contributed by atoms with Gasteiger partial charge in [-0.15, -0.1) is 0 Å². The fourth-order valence-electron chi connectivity index (χ4n) is 1.59. The van der Waals surface area contributed by atoms with Gasteiger partial charge in [-0.2, -0.15) is 5.10 Å². The minimum atomic E-state index is 0.0618. The Hall–Kier alpha value is -0.500. The van der Waals surface area contributed by atoms with Crippen LogP contribution >= 0.6 is 11.6 Å². The normalized spacial score (nSPS) is 12.2. The molecule has 1 heterocycles. The summed E-state index contributed by atoms with van der Waals surface area (Å²) in [6.07, 6.45) is 0.892. The number of hydrogen-bond acceptors (Lipinski definition) is 1. The molecular formula is C10H17ClN2. The third-order valence-electron chi connectivity index (χ3n) is 2.10. The van der Waals surface area contributed by atoms with Crippen molar-refractivity contribution in [3.63, 3.8) is 0 Å². The Balaban J connectivity index is 3.29. The molecule has 13 heavy (non-hydrogen) atoms. The first-order chi connectivity index (χ1) is 5.88. The zero-order chi connectivity index (χ0) is 10.2. The van der Waals surface area contributed by atoms with E-state index in [2.05, 4.69) is 32.8 Å². The van der Waals surface area contributed by atoms with Crippen molar-refractivity contribution in [1.82, 2.24) is 9.78 Å². The van der Waals surface area contributed by atoms with Gasteiger partial charge in [0.2, 0.25) is 0 Å². The van der Waals surface area contributed by atoms with Crippen LogP contribution in [-0.4, -0.2) is 9.78 Å². The zero-order valence-corrected chi connectivity index (χ0v) is 9.74. The van der Waals surface area contributed by atoms with E-state index in [0.29, 0.717) is 0 Å². The summed E-state index contributed by atoms with van der Waals surface area (Å²) in [5.74, 6) is 0. The zero-order valence-electron chi connectivity index (χ0n) is 8.98. The highest BCUT2D eigenvalue weighted by atomic mass is 35.5. The Bertz CT molecular complexity index is 307. The Morgan fingerprint density at radius 1 is 1.38 bits per heavy atom. The van der Waals surface area contributed by atoms with Crippen molar-refractivity contribution < 1.29 is 0 Å². The number of aromatic nitrogens is 2. The highest BCUT2D eigenvalue weighted by Gasteiger charge is 2.24. The quantitative estimate of drug-likeness (QED) is 0.682. The fourth-order valence-corrected chi connectivity index (χ4v) is 2.17. The Morgan fingerprint density at radius 2 is 1.92 bits per heavy atom. The summed E-state index contributed by atoms with van der Waals surface area (Å²) in [5, 5.41) is 5.21. The molecular weight excluding hydrogens is 184 g/mol. The minimum absolute atomic E-state index is 0.0618. The van der Waals surface area contributed by atoms with Gasteiger partial charge in [0.15, 0.2) is 0 Å². The summed E-state index contributed by atoms with van der Waals surface area (Å²) < 4.78 is 1.89. The van der Waals surface area contributed by atoms with E-state index in [0.717, 1.165) is 22.8 Å². The predicted octanol–water partition coefficient (Wildman–Crippen LogP) is 2.93. The summed E-state index contributed by atoms with van der Waals surface area (Å²) in [6.45, 7) is 8.51. The van der Waals surface area contributed by atoms with Gasteiger partial charge in [0.25, 0.3) is 0 Å². The molecule has 1 aromatic rings. The third kappa shape index (κ3) is 1.88. The van der Waals surface area contributed by atoms with E-state index in [1.54, 1.807) is 0 Å². The molecule has 0 aliphatic carbocycles. The van der Waals surface area contributed by atoms with Crippen LogP contribution in [-0.2, 0) is 18.9 Å². The van der Waals surface area contributed by atoms with Crippen LogP contribution in [0.1, 0.15) is 39.1 Å². The molecule has 0 radical (unpaired) electrons. The van der Waals surface area contributed by atoms with Crippen LogP contribution in [0.2, 0.25) is 5.02 Å². The van der Waals surface area contributed by atoms with E-state index < -0.39 is 0 Å². The molecule has 0 spiro atoms. The molecule has 0 bridgehead atoms. The van der Waals surface area contributed by atoms with Crippen LogP contribution in [0.25, 0.3) is 0 Å². The maximum atomic E-state index is 6.23. The average Bonchev–Trinajstić information content (AvgIpc) is 2.24. The molecule has 0 atom stereocenters. The Morgan fingerprint density at radius 3 is 2.15 bits per heavy atom. The first-order valence-electron chi connectivity index (χ1n) is 4.59. The lowest BCUT2D eigenvalue weighted by Gasteiger charge is -2.19. The van der Waals surface area contributed by atoms with Crippen molar-refractivity contribution in [3.8, 4) is 0 Å². The minimum Gasteiger partial charge on any atom is -0.270 e. The van der Waals surface area contributed by atoms with Gasteiger partial charge in [-0.25, -0.2) is 0 Å². The molecule has 0 aromatic carbocycles. The van der Waals surface area contributed by atoms with Gasteiger partial charge in [0.1, 0.15) is 0 Å². The van der Waals surface area contributed by atoms with Gasteiger partial charge in [0.05, 0.1) is 16.4 Å². The standard InChI is InChI=1S/C10H17ClN2/c1-6-7-8(11)9(10(2,3)4)13(5)12-7/h6H2,1-5H3. The predicted molar refractivity (Wildman–Crippen MR) is 56.3 cm³/mol. The van der Waals surface area contributed by atoms with Gasteiger partial charge in [-0.05, 0) is 6.42 Å². The number of rotatable bonds is 1. The van der Waals surface area contributed by atoms with Crippen LogP contribution in [0.5, 0.6) is 0 Å². The van der Waals surface area contributed by atoms with E-state index >= 15 is 0 Å². The summed E-state index contributed by atoms with van der Waals surface area (Å²) in [5.41, 5.74) is 2.17. The van der Waals surface area contributed by atoms with E-state index in [-0.39, 0.29) is 5.41 Å². The molecule has 0 aliphatic heterocycles. The highest BCUT2D eigenvalue weighted by Crippen LogP contribution is 2.31. The summed E-state index contributed by atoms with van der Waals surface area (Å²) in [4.78, 5) is 0. The maximum Gasteiger partial charge on any atom is 0.0855 e. The largest absolute Gasteiger partial charge is 0.270 e. The molecule has 0 aliphatic rings. The molecule has 0 saturated carbocycles. The second kappa shape index (κ2) is 3.33. The van der Waals surface area contributed by atoms with E-state index in [9.17, 15) is 0 Å². The Labute approximate surface area is 84.9 Å². The molecule has 74 valence electrons. The van der Waals surface area contributed by atoms with Crippen LogP contribution in [0.15, 0.2) is 0 Å². The van der Waals surface area contributed by atoms with Crippen molar-refractivity contribution >= 4 is 11.6 Å². The molecule has 1 rings (SSSR count). The van der Waals surface area contributed by atoms with Crippen LogP contribution < -0.4 is 0 Å². The van der Waals surface area contributed by atoms with E-state index in [1.807, 2.05) is 11.7 Å². The fraction of sp³-hybridized carbons (Fsp3) is 0.700. The lowest BCUT2D eigenvalue weighted by molar-refractivity contribution is 0.522. The smallest absolute Gasteiger partial charge is 0.0855 e. The second-order valence-corrected chi connectivity index (χ2v) is 4.71. The van der Waals surface area contributed by atoms with Crippen molar-refractivity contribution in [1.29, 1.82) is 0 Å². The van der Waals surface area contributed by atoms with Crippen molar-refractivity contribution in [2.24, 2.45) is 7.05 Å². The van der Waals surface area contributed by atoms with Crippen LogP contribution in [0, 0.1) is 0 Å². The average molecular weight is 201 g/mol. The van der Waals surface area contributed by atoms with Gasteiger partial charge in [0, 0.05) is 12.5 Å². The van der Waals surface area contributed by atoms with E-state index in [4.69, 9.17) is 11.6 Å². The topological polar surface area (TPSA) is 17.8 Å². The SMILES string of the molecule is CCc1nn(C)c(C(C)(C)C)c1Cl.